The molecule has 1 saturated carbocycles. The Hall–Kier alpha value is -0.770. The van der Waals surface area contributed by atoms with Crippen LogP contribution in [0.2, 0.25) is 0 Å². The van der Waals surface area contributed by atoms with Crippen molar-refractivity contribution in [2.75, 3.05) is 32.7 Å². The molecule has 2 bridgehead atoms. The lowest BCUT2D eigenvalue weighted by atomic mass is 9.75. The Labute approximate surface area is 116 Å². The Kier molecular flexibility index (Phi) is 3.04. The van der Waals surface area contributed by atoms with Crippen molar-refractivity contribution in [2.45, 2.75) is 45.6 Å². The summed E-state index contributed by atoms with van der Waals surface area (Å²) in [5.74, 6) is 0.773. The van der Waals surface area contributed by atoms with Gasteiger partial charge in [0.2, 0.25) is 0 Å². The molecule has 0 spiro atoms. The molecule has 3 saturated heterocycles. The van der Waals surface area contributed by atoms with E-state index in [2.05, 4.69) is 35.9 Å². The number of hydrogen-bond acceptors (Lipinski definition) is 2. The molecule has 4 rings (SSSR count). The van der Waals surface area contributed by atoms with Crippen LogP contribution in [0.25, 0.3) is 0 Å². The zero-order chi connectivity index (χ0) is 13.7. The molecule has 0 atom stereocenters. The molecule has 0 radical (unpaired) electrons. The van der Waals surface area contributed by atoms with Gasteiger partial charge in [0.1, 0.15) is 0 Å². The summed E-state index contributed by atoms with van der Waals surface area (Å²) in [5.41, 5.74) is 0.623. The number of hydrogen-bond donors (Lipinski definition) is 1. The van der Waals surface area contributed by atoms with Crippen LogP contribution in [0.3, 0.4) is 0 Å². The number of fused-ring (bicyclic) bond motifs is 1. The van der Waals surface area contributed by atoms with Gasteiger partial charge < -0.3 is 15.1 Å². The van der Waals surface area contributed by atoms with Crippen LogP contribution in [0.4, 0.5) is 4.79 Å². The van der Waals surface area contributed by atoms with Gasteiger partial charge in [0.05, 0.1) is 0 Å². The van der Waals surface area contributed by atoms with Gasteiger partial charge in [0.15, 0.2) is 0 Å². The van der Waals surface area contributed by atoms with Gasteiger partial charge in [0, 0.05) is 31.7 Å². The maximum absolute atomic E-state index is 12.2. The molecular formula is C15H27N3O. The molecule has 1 aliphatic carbocycles. The van der Waals surface area contributed by atoms with E-state index < -0.39 is 0 Å². The van der Waals surface area contributed by atoms with Crippen LogP contribution in [-0.4, -0.2) is 54.1 Å². The molecule has 4 heteroatoms. The maximum Gasteiger partial charge on any atom is 0.317 e. The first kappa shape index (κ1) is 13.2. The third kappa shape index (κ3) is 2.47. The van der Waals surface area contributed by atoms with Crippen molar-refractivity contribution < 1.29 is 4.79 Å². The van der Waals surface area contributed by atoms with Crippen molar-refractivity contribution in [3.05, 3.63) is 0 Å². The lowest BCUT2D eigenvalue weighted by Crippen LogP contribution is -2.50. The second-order valence-corrected chi connectivity index (χ2v) is 7.80. The summed E-state index contributed by atoms with van der Waals surface area (Å²) in [6.07, 6.45) is 3.69. The zero-order valence-electron chi connectivity index (χ0n) is 12.5. The Morgan fingerprint density at radius 2 is 2.05 bits per heavy atom. The van der Waals surface area contributed by atoms with Gasteiger partial charge in [-0.25, -0.2) is 4.79 Å². The Morgan fingerprint density at radius 1 is 1.32 bits per heavy atom. The van der Waals surface area contributed by atoms with E-state index in [1.54, 1.807) is 0 Å². The number of rotatable bonds is 3. The third-order valence-electron chi connectivity index (χ3n) is 5.26. The van der Waals surface area contributed by atoms with Crippen LogP contribution in [-0.2, 0) is 0 Å². The standard InChI is InChI=1S/C15H27N3O/c1-14(2)4-6-17(11-14)7-5-16-13(19)18-10-12-8-15(18,3)9-12/h12H,4-11H2,1-3H3,(H,16,19). The first-order chi connectivity index (χ1) is 8.88. The van der Waals surface area contributed by atoms with Gasteiger partial charge >= 0.3 is 6.03 Å². The number of carbonyl (C=O) groups is 1. The first-order valence-corrected chi connectivity index (χ1v) is 7.66. The van der Waals surface area contributed by atoms with Crippen molar-refractivity contribution in [1.29, 1.82) is 0 Å². The fraction of sp³-hybridized carbons (Fsp3) is 0.933. The van der Waals surface area contributed by atoms with Crippen LogP contribution < -0.4 is 5.32 Å². The number of nitrogens with zero attached hydrogens (tertiary/aromatic N) is 2. The average molecular weight is 265 g/mol. The topological polar surface area (TPSA) is 35.6 Å². The molecule has 3 heterocycles. The van der Waals surface area contributed by atoms with E-state index in [9.17, 15) is 4.79 Å². The van der Waals surface area contributed by atoms with Crippen molar-refractivity contribution in [1.82, 2.24) is 15.1 Å². The molecule has 108 valence electrons. The molecule has 4 fully saturated rings. The monoisotopic (exact) mass is 265 g/mol. The molecule has 0 aromatic rings. The van der Waals surface area contributed by atoms with Gasteiger partial charge in [0.25, 0.3) is 0 Å². The van der Waals surface area contributed by atoms with E-state index in [-0.39, 0.29) is 11.6 Å². The molecule has 0 aromatic carbocycles. The van der Waals surface area contributed by atoms with Crippen LogP contribution in [0.15, 0.2) is 0 Å². The number of carbonyl (C=O) groups excluding carboxylic acids is 1. The van der Waals surface area contributed by atoms with Crippen molar-refractivity contribution in [3.63, 3.8) is 0 Å². The first-order valence-electron chi connectivity index (χ1n) is 7.66. The van der Waals surface area contributed by atoms with E-state index in [0.29, 0.717) is 5.41 Å². The highest BCUT2D eigenvalue weighted by atomic mass is 16.2. The summed E-state index contributed by atoms with van der Waals surface area (Å²) in [4.78, 5) is 16.7. The van der Waals surface area contributed by atoms with Gasteiger partial charge in [-0.15, -0.1) is 0 Å². The smallest absolute Gasteiger partial charge is 0.317 e. The van der Waals surface area contributed by atoms with Crippen LogP contribution in [0.5, 0.6) is 0 Å². The quantitative estimate of drug-likeness (QED) is 0.846. The fourth-order valence-electron chi connectivity index (χ4n) is 4.17. The molecule has 4 aliphatic rings. The van der Waals surface area contributed by atoms with Crippen LogP contribution in [0.1, 0.15) is 40.0 Å². The van der Waals surface area contributed by atoms with E-state index in [0.717, 1.165) is 32.1 Å². The number of urea groups is 1. The minimum Gasteiger partial charge on any atom is -0.337 e. The molecule has 3 aliphatic heterocycles. The summed E-state index contributed by atoms with van der Waals surface area (Å²) in [6.45, 7) is 11.9. The van der Waals surface area contributed by atoms with Crippen LogP contribution in [0, 0.1) is 11.3 Å². The Morgan fingerprint density at radius 3 is 2.58 bits per heavy atom. The largest absolute Gasteiger partial charge is 0.337 e. The molecule has 1 N–H and O–H groups in total. The summed E-state index contributed by atoms with van der Waals surface area (Å²) >= 11 is 0. The average Bonchev–Trinajstić information content (AvgIpc) is 2.88. The molecule has 19 heavy (non-hydrogen) atoms. The number of nitrogens with one attached hydrogen (secondary N) is 1. The normalized spacial score (nSPS) is 36.4. The molecule has 0 unspecified atom stereocenters. The fourth-order valence-corrected chi connectivity index (χ4v) is 4.17. The molecular weight excluding hydrogens is 238 g/mol. The Balaban J connectivity index is 1.40. The summed E-state index contributed by atoms with van der Waals surface area (Å²) < 4.78 is 0. The third-order valence-corrected chi connectivity index (χ3v) is 5.26. The van der Waals surface area contributed by atoms with Crippen LogP contribution >= 0.6 is 0 Å². The number of amides is 2. The second-order valence-electron chi connectivity index (χ2n) is 7.80. The van der Waals surface area contributed by atoms with E-state index >= 15 is 0 Å². The van der Waals surface area contributed by atoms with Gasteiger partial charge in [-0.3, -0.25) is 0 Å². The molecule has 0 aromatic heterocycles. The van der Waals surface area contributed by atoms with Crippen molar-refractivity contribution in [2.24, 2.45) is 11.3 Å². The molecule has 2 amide bonds. The summed E-state index contributed by atoms with van der Waals surface area (Å²) in [5, 5.41) is 3.11. The second kappa shape index (κ2) is 4.37. The number of likely N-dealkylation sites (tertiary alicyclic amines) is 1. The van der Waals surface area contributed by atoms with Gasteiger partial charge in [-0.05, 0) is 44.1 Å². The predicted molar refractivity (Wildman–Crippen MR) is 76.1 cm³/mol. The molecule has 4 nitrogen and oxygen atoms in total. The Bertz CT molecular complexity index is 374. The van der Waals surface area contributed by atoms with Crippen molar-refractivity contribution in [3.8, 4) is 0 Å². The highest BCUT2D eigenvalue weighted by Gasteiger charge is 2.54. The van der Waals surface area contributed by atoms with E-state index in [1.807, 2.05) is 0 Å². The maximum atomic E-state index is 12.2. The summed E-state index contributed by atoms with van der Waals surface area (Å²) in [6, 6.07) is 0.154. The highest BCUT2D eigenvalue weighted by Crippen LogP contribution is 2.49. The van der Waals surface area contributed by atoms with Gasteiger partial charge in [-0.2, -0.15) is 0 Å². The zero-order valence-corrected chi connectivity index (χ0v) is 12.5. The highest BCUT2D eigenvalue weighted by molar-refractivity contribution is 5.76. The van der Waals surface area contributed by atoms with E-state index in [1.165, 1.54) is 25.8 Å². The van der Waals surface area contributed by atoms with Gasteiger partial charge in [-0.1, -0.05) is 13.8 Å². The minimum atomic E-state index is 0.154. The lowest BCUT2D eigenvalue weighted by Gasteiger charge is -2.38. The SMILES string of the molecule is CC1(C)CCN(CCNC(=O)N2CC3CC2(C)C3)C1. The predicted octanol–water partition coefficient (Wildman–Crippen LogP) is 1.91. The lowest BCUT2D eigenvalue weighted by molar-refractivity contribution is 0.137. The minimum absolute atomic E-state index is 0.154. The van der Waals surface area contributed by atoms with E-state index in [4.69, 9.17) is 0 Å². The van der Waals surface area contributed by atoms with Crippen molar-refractivity contribution >= 4 is 6.03 Å². The summed E-state index contributed by atoms with van der Waals surface area (Å²) in [7, 11) is 0.